The summed E-state index contributed by atoms with van der Waals surface area (Å²) in [7, 11) is 0. The van der Waals surface area contributed by atoms with Crippen LogP contribution in [0.5, 0.6) is 0 Å². The molecule has 0 aromatic heterocycles. The second kappa shape index (κ2) is 13.9. The molecule has 0 amide bonds. The largest absolute Gasteiger partial charge is 1.00 e. The average molecular weight is 468 g/mol. The van der Waals surface area contributed by atoms with Crippen molar-refractivity contribution in [3.63, 3.8) is 0 Å². The van der Waals surface area contributed by atoms with Gasteiger partial charge in [-0.15, -0.1) is 12.6 Å². The predicted octanol–water partition coefficient (Wildman–Crippen LogP) is -0.172. The summed E-state index contributed by atoms with van der Waals surface area (Å²) in [6.07, 6.45) is 3.36. The van der Waals surface area contributed by atoms with E-state index in [9.17, 15) is 0 Å². The third-order valence-electron chi connectivity index (χ3n) is 3.08. The zero-order valence-electron chi connectivity index (χ0n) is 12.7. The average Bonchev–Trinajstić information content (AvgIpc) is 2.63. The van der Waals surface area contributed by atoms with Crippen LogP contribution in [-0.4, -0.2) is 4.21 Å². The molecule has 0 saturated heterocycles. The van der Waals surface area contributed by atoms with E-state index in [0.717, 1.165) is 4.47 Å². The Labute approximate surface area is 164 Å². The number of hydrogen-bond donors (Lipinski definition) is 0. The molecule has 21 heavy (non-hydrogen) atoms. The van der Waals surface area contributed by atoms with Gasteiger partial charge in [-0.1, -0.05) is 54.8 Å². The number of halogens is 3. The molecular weight excluding hydrogens is 448 g/mol. The van der Waals surface area contributed by atoms with Gasteiger partial charge in [0.25, 0.3) is 0 Å². The first-order chi connectivity index (χ1) is 8.91. The molecule has 1 N–H and O–H groups in total. The van der Waals surface area contributed by atoms with Crippen LogP contribution in [0.4, 0.5) is 5.69 Å². The van der Waals surface area contributed by atoms with E-state index >= 15 is 0 Å². The summed E-state index contributed by atoms with van der Waals surface area (Å²) in [4.78, 5) is 0. The van der Waals surface area contributed by atoms with Gasteiger partial charge in [0.15, 0.2) is 0 Å². The molecule has 116 valence electrons. The second-order valence-electron chi connectivity index (χ2n) is 4.31. The minimum atomic E-state index is 0. The number of allylic oxidation sites excluding steroid dienone is 4. The van der Waals surface area contributed by atoms with Gasteiger partial charge in [0.1, 0.15) is 0 Å². The van der Waals surface area contributed by atoms with Crippen molar-refractivity contribution in [3.8, 4) is 0 Å². The first-order valence-corrected chi connectivity index (χ1v) is 8.55. The molecule has 5 heteroatoms. The van der Waals surface area contributed by atoms with E-state index in [0.29, 0.717) is 11.6 Å². The van der Waals surface area contributed by atoms with Gasteiger partial charge in [-0.25, -0.2) is 5.57 Å². The standard InChI is InChI=1S/C9H13.C6H5BrN.CH2.2ClH.Zr/c1-6-5-7(2)9(4)8(6)3;7-5-1-3-6(8)4-2-5;;;;/h6H,1-4H3;1-4,8H;1H2;2*1H;/q2*-1;;;;+2/p-2. The molecule has 1 unspecified atom stereocenters. The van der Waals surface area contributed by atoms with Crippen molar-refractivity contribution in [2.24, 2.45) is 5.92 Å². The van der Waals surface area contributed by atoms with Crippen LogP contribution in [0.1, 0.15) is 27.7 Å². The summed E-state index contributed by atoms with van der Waals surface area (Å²) >= 11 is 4.56. The summed E-state index contributed by atoms with van der Waals surface area (Å²) in [5.41, 5.74) is 11.9. The molecule has 1 nitrogen and oxygen atoms in total. The SMILES string of the molecule is CC1=[C-]C(C)C(C)=C1C.[CH2]=[Zr+2].[Cl-].[Cl-].[NH-]c1ccc(Br)cc1. The Bertz CT molecular complexity index is 449. The Balaban J connectivity index is -0.000000255. The van der Waals surface area contributed by atoms with Crippen LogP contribution in [0, 0.1) is 12.0 Å². The topological polar surface area (TPSA) is 23.8 Å². The minimum absolute atomic E-state index is 0. The summed E-state index contributed by atoms with van der Waals surface area (Å²) < 4.78 is 4.36. The molecule has 1 aliphatic rings. The molecule has 0 aliphatic heterocycles. The molecule has 1 atom stereocenters. The van der Waals surface area contributed by atoms with Gasteiger partial charge in [0, 0.05) is 4.47 Å². The van der Waals surface area contributed by atoms with E-state index in [1.165, 1.54) is 41.0 Å². The van der Waals surface area contributed by atoms with Crippen LogP contribution in [0.25, 0.3) is 5.73 Å². The fourth-order valence-corrected chi connectivity index (χ4v) is 1.88. The zero-order valence-corrected chi connectivity index (χ0v) is 18.3. The van der Waals surface area contributed by atoms with E-state index in [-0.39, 0.29) is 24.8 Å². The van der Waals surface area contributed by atoms with Gasteiger partial charge in [-0.3, -0.25) is 6.08 Å². The Morgan fingerprint density at radius 2 is 1.52 bits per heavy atom. The molecule has 0 saturated carbocycles. The van der Waals surface area contributed by atoms with Gasteiger partial charge in [-0.2, -0.15) is 11.1 Å². The monoisotopic (exact) mass is 465 g/mol. The number of benzene rings is 1. The van der Waals surface area contributed by atoms with Crippen LogP contribution in [0.15, 0.2) is 45.5 Å². The summed E-state index contributed by atoms with van der Waals surface area (Å²) in [5, 5.41) is 0. The smallest absolute Gasteiger partial charge is 0.0174 e. The normalized spacial score (nSPS) is 15.4. The molecule has 0 fully saturated rings. The van der Waals surface area contributed by atoms with Crippen LogP contribution in [0.2, 0.25) is 0 Å². The fourth-order valence-electron chi connectivity index (χ4n) is 1.61. The number of rotatable bonds is 0. The first kappa shape index (κ1) is 26.2. The zero-order chi connectivity index (χ0) is 15.0. The second-order valence-corrected chi connectivity index (χ2v) is 5.22. The molecular formula is C16H20BrCl2NZr-2. The Morgan fingerprint density at radius 3 is 1.71 bits per heavy atom. The van der Waals surface area contributed by atoms with Crippen molar-refractivity contribution in [1.82, 2.24) is 0 Å². The van der Waals surface area contributed by atoms with E-state index in [1.807, 2.05) is 12.1 Å². The van der Waals surface area contributed by atoms with E-state index < -0.39 is 0 Å². The minimum Gasteiger partial charge on any atom is -1.00 e. The van der Waals surface area contributed by atoms with Crippen molar-refractivity contribution < 1.29 is 49.0 Å². The molecule has 1 aliphatic carbocycles. The summed E-state index contributed by atoms with van der Waals surface area (Å²) in [6.45, 7) is 8.67. The number of nitrogens with one attached hydrogen (secondary N) is 1. The van der Waals surface area contributed by atoms with Crippen LogP contribution in [0.3, 0.4) is 0 Å². The maximum atomic E-state index is 7.07. The summed E-state index contributed by atoms with van der Waals surface area (Å²) in [6, 6.07) is 7.18. The Morgan fingerprint density at radius 1 is 1.10 bits per heavy atom. The van der Waals surface area contributed by atoms with E-state index in [4.69, 9.17) is 5.73 Å². The fraction of sp³-hybridized carbons (Fsp3) is 0.312. The Kier molecular flexibility index (Phi) is 17.4. The first-order valence-electron chi connectivity index (χ1n) is 6.02. The van der Waals surface area contributed by atoms with Gasteiger partial charge in [-0.05, 0) is 12.1 Å². The van der Waals surface area contributed by atoms with E-state index in [1.54, 1.807) is 12.1 Å². The Hall–Kier alpha value is 0.313. The van der Waals surface area contributed by atoms with Crippen LogP contribution in [-0.2, 0) is 24.2 Å². The van der Waals surface area contributed by atoms with Crippen LogP contribution < -0.4 is 24.8 Å². The van der Waals surface area contributed by atoms with Gasteiger partial charge < -0.3 is 30.5 Å². The van der Waals surface area contributed by atoms with Crippen molar-refractivity contribution in [2.45, 2.75) is 27.7 Å². The van der Waals surface area contributed by atoms with Crippen molar-refractivity contribution >= 4 is 25.8 Å². The van der Waals surface area contributed by atoms with Crippen molar-refractivity contribution in [1.29, 1.82) is 0 Å². The third kappa shape index (κ3) is 9.84. The maximum absolute atomic E-state index is 7.07. The van der Waals surface area contributed by atoms with Crippen molar-refractivity contribution in [3.05, 3.63) is 57.3 Å². The number of hydrogen-bond acceptors (Lipinski definition) is 0. The predicted molar refractivity (Wildman–Crippen MR) is 85.2 cm³/mol. The van der Waals surface area contributed by atoms with Gasteiger partial charge in [0.2, 0.25) is 0 Å². The van der Waals surface area contributed by atoms with Crippen molar-refractivity contribution in [2.75, 3.05) is 0 Å². The summed E-state index contributed by atoms with van der Waals surface area (Å²) in [5.74, 6) is 0.560. The molecule has 1 aromatic carbocycles. The van der Waals surface area contributed by atoms with Gasteiger partial charge >= 0.3 is 28.4 Å². The molecule has 0 heterocycles. The van der Waals surface area contributed by atoms with Gasteiger partial charge in [0.05, 0.1) is 0 Å². The molecule has 0 spiro atoms. The molecule has 0 radical (unpaired) electrons. The quantitative estimate of drug-likeness (QED) is 0.473. The van der Waals surface area contributed by atoms with Crippen LogP contribution >= 0.6 is 15.9 Å². The molecule has 2 rings (SSSR count). The molecule has 0 bridgehead atoms. The molecule has 1 aromatic rings. The maximum Gasteiger partial charge on any atom is 0.0174 e. The third-order valence-corrected chi connectivity index (χ3v) is 3.61. The van der Waals surface area contributed by atoms with E-state index in [2.05, 4.69) is 53.9 Å².